The number of carbonyl (C=O) groups excluding carboxylic acids is 1. The molecule has 1 aliphatic carbocycles. The van der Waals surface area contributed by atoms with Gasteiger partial charge in [0.2, 0.25) is 0 Å². The molecular weight excluding hydrogens is 348 g/mol. The highest BCUT2D eigenvalue weighted by molar-refractivity contribution is 9.10. The van der Waals surface area contributed by atoms with E-state index in [1.807, 2.05) is 18.2 Å². The van der Waals surface area contributed by atoms with Crippen molar-refractivity contribution in [3.05, 3.63) is 68.7 Å². The predicted octanol–water partition coefficient (Wildman–Crippen LogP) is 5.80. The monoisotopic (exact) mass is 362 g/mol. The predicted molar refractivity (Wildman–Crippen MR) is 90.2 cm³/mol. The lowest BCUT2D eigenvalue weighted by Gasteiger charge is -2.25. The van der Waals surface area contributed by atoms with Crippen LogP contribution in [-0.2, 0) is 6.42 Å². The van der Waals surface area contributed by atoms with Gasteiger partial charge in [-0.25, -0.2) is 0 Å². The Kier molecular flexibility index (Phi) is 4.46. The SMILES string of the molecule is O=C(CC1CCCc2ccccc21)c1cccc(Br)c1Cl. The fourth-order valence-corrected chi connectivity index (χ4v) is 3.72. The molecule has 0 bridgehead atoms. The van der Waals surface area contributed by atoms with Crippen LogP contribution in [0.4, 0.5) is 0 Å². The van der Waals surface area contributed by atoms with E-state index in [0.717, 1.165) is 23.7 Å². The van der Waals surface area contributed by atoms with Gasteiger partial charge in [-0.1, -0.05) is 41.9 Å². The lowest BCUT2D eigenvalue weighted by molar-refractivity contribution is 0.0971. The number of hydrogen-bond acceptors (Lipinski definition) is 1. The van der Waals surface area contributed by atoms with E-state index in [0.29, 0.717) is 22.9 Å². The lowest BCUT2D eigenvalue weighted by Crippen LogP contribution is -2.14. The van der Waals surface area contributed by atoms with Crippen LogP contribution in [0.15, 0.2) is 46.9 Å². The van der Waals surface area contributed by atoms with Crippen molar-refractivity contribution in [2.75, 3.05) is 0 Å². The van der Waals surface area contributed by atoms with Gasteiger partial charge in [-0.05, 0) is 64.4 Å². The van der Waals surface area contributed by atoms with Gasteiger partial charge in [0.25, 0.3) is 0 Å². The van der Waals surface area contributed by atoms with E-state index >= 15 is 0 Å². The van der Waals surface area contributed by atoms with Crippen LogP contribution in [0.5, 0.6) is 0 Å². The molecule has 0 spiro atoms. The first kappa shape index (κ1) is 14.8. The van der Waals surface area contributed by atoms with E-state index in [1.54, 1.807) is 0 Å². The molecule has 3 rings (SSSR count). The number of benzene rings is 2. The molecule has 1 unspecified atom stereocenters. The van der Waals surface area contributed by atoms with Gasteiger partial charge in [0, 0.05) is 16.5 Å². The normalized spacial score (nSPS) is 17.3. The van der Waals surface area contributed by atoms with Crippen LogP contribution in [0.25, 0.3) is 0 Å². The fourth-order valence-electron chi connectivity index (χ4n) is 3.12. The molecule has 1 nitrogen and oxygen atoms in total. The third-order valence-corrected chi connectivity index (χ3v) is 5.47. The molecule has 1 atom stereocenters. The summed E-state index contributed by atoms with van der Waals surface area (Å²) in [6.45, 7) is 0. The van der Waals surface area contributed by atoms with Gasteiger partial charge in [-0.3, -0.25) is 4.79 Å². The standard InChI is InChI=1S/C18H16BrClO/c19-16-10-4-9-15(18(16)20)17(21)11-13-7-3-6-12-5-1-2-8-14(12)13/h1-2,4-5,8-10,13H,3,6-7,11H2. The van der Waals surface area contributed by atoms with Crippen LogP contribution >= 0.6 is 27.5 Å². The average Bonchev–Trinajstić information content (AvgIpc) is 2.50. The summed E-state index contributed by atoms with van der Waals surface area (Å²) in [4.78, 5) is 12.6. The lowest BCUT2D eigenvalue weighted by atomic mass is 9.79. The minimum Gasteiger partial charge on any atom is -0.294 e. The molecule has 21 heavy (non-hydrogen) atoms. The maximum atomic E-state index is 12.6. The zero-order valence-electron chi connectivity index (χ0n) is 11.6. The molecule has 0 saturated heterocycles. The molecule has 0 aromatic heterocycles. The van der Waals surface area contributed by atoms with Crippen molar-refractivity contribution in [1.29, 1.82) is 0 Å². The summed E-state index contributed by atoms with van der Waals surface area (Å²) in [5.41, 5.74) is 3.35. The molecule has 0 fully saturated rings. The molecular formula is C18H16BrClO. The number of halogens is 2. The molecule has 2 aromatic carbocycles. The summed E-state index contributed by atoms with van der Waals surface area (Å²) in [7, 11) is 0. The molecule has 3 heteroatoms. The van der Waals surface area contributed by atoms with Gasteiger partial charge in [0.15, 0.2) is 5.78 Å². The highest BCUT2D eigenvalue weighted by Gasteiger charge is 2.23. The maximum absolute atomic E-state index is 12.6. The molecule has 0 saturated carbocycles. The summed E-state index contributed by atoms with van der Waals surface area (Å²) >= 11 is 9.62. The summed E-state index contributed by atoms with van der Waals surface area (Å²) < 4.78 is 0.777. The van der Waals surface area contributed by atoms with Crippen molar-refractivity contribution < 1.29 is 4.79 Å². The second-order valence-electron chi connectivity index (χ2n) is 5.52. The first-order valence-corrected chi connectivity index (χ1v) is 8.39. The Balaban J connectivity index is 1.85. The Morgan fingerprint density at radius 1 is 1.19 bits per heavy atom. The molecule has 0 amide bonds. The Bertz CT molecular complexity index is 681. The summed E-state index contributed by atoms with van der Waals surface area (Å²) in [5, 5.41) is 0.520. The first-order valence-electron chi connectivity index (χ1n) is 7.22. The molecule has 0 heterocycles. The molecule has 0 radical (unpaired) electrons. The Morgan fingerprint density at radius 2 is 2.00 bits per heavy atom. The molecule has 108 valence electrons. The number of aryl methyl sites for hydroxylation is 1. The zero-order chi connectivity index (χ0) is 14.8. The van der Waals surface area contributed by atoms with E-state index in [2.05, 4.69) is 40.2 Å². The van der Waals surface area contributed by atoms with Crippen LogP contribution in [0.2, 0.25) is 5.02 Å². The molecule has 0 aliphatic heterocycles. The second kappa shape index (κ2) is 6.33. The number of carbonyl (C=O) groups is 1. The zero-order valence-corrected chi connectivity index (χ0v) is 14.0. The third-order valence-electron chi connectivity index (χ3n) is 4.18. The van der Waals surface area contributed by atoms with E-state index < -0.39 is 0 Å². The Hall–Kier alpha value is -1.12. The highest BCUT2D eigenvalue weighted by Crippen LogP contribution is 2.36. The van der Waals surface area contributed by atoms with Crippen molar-refractivity contribution >= 4 is 33.3 Å². The smallest absolute Gasteiger partial charge is 0.165 e. The number of fused-ring (bicyclic) bond motifs is 1. The Morgan fingerprint density at radius 3 is 2.86 bits per heavy atom. The molecule has 1 aliphatic rings. The minimum absolute atomic E-state index is 0.128. The quantitative estimate of drug-likeness (QED) is 0.630. The molecule has 2 aromatic rings. The Labute approximate surface area is 138 Å². The number of rotatable bonds is 3. The van der Waals surface area contributed by atoms with Crippen LogP contribution in [0.3, 0.4) is 0 Å². The summed E-state index contributed by atoms with van der Waals surface area (Å²) in [6, 6.07) is 14.0. The number of Topliss-reactive ketones (excluding diaryl/α,β-unsaturated/α-hetero) is 1. The van der Waals surface area contributed by atoms with E-state index in [4.69, 9.17) is 11.6 Å². The van der Waals surface area contributed by atoms with Crippen molar-refractivity contribution in [1.82, 2.24) is 0 Å². The highest BCUT2D eigenvalue weighted by atomic mass is 79.9. The van der Waals surface area contributed by atoms with Crippen molar-refractivity contribution in [3.63, 3.8) is 0 Å². The van der Waals surface area contributed by atoms with E-state index in [9.17, 15) is 4.79 Å². The topological polar surface area (TPSA) is 17.1 Å². The van der Waals surface area contributed by atoms with Crippen LogP contribution < -0.4 is 0 Å². The van der Waals surface area contributed by atoms with Gasteiger partial charge >= 0.3 is 0 Å². The largest absolute Gasteiger partial charge is 0.294 e. The van der Waals surface area contributed by atoms with Crippen molar-refractivity contribution in [2.24, 2.45) is 0 Å². The van der Waals surface area contributed by atoms with Crippen molar-refractivity contribution in [2.45, 2.75) is 31.6 Å². The third kappa shape index (κ3) is 3.07. The number of hydrogen-bond donors (Lipinski definition) is 0. The second-order valence-corrected chi connectivity index (χ2v) is 6.75. The minimum atomic E-state index is 0.128. The van der Waals surface area contributed by atoms with Gasteiger partial charge in [0.1, 0.15) is 0 Å². The van der Waals surface area contributed by atoms with Crippen molar-refractivity contribution in [3.8, 4) is 0 Å². The average molecular weight is 364 g/mol. The van der Waals surface area contributed by atoms with E-state index in [-0.39, 0.29) is 5.78 Å². The fraction of sp³-hybridized carbons (Fsp3) is 0.278. The summed E-state index contributed by atoms with van der Waals surface area (Å²) in [6.07, 6.45) is 3.89. The van der Waals surface area contributed by atoms with Gasteiger partial charge < -0.3 is 0 Å². The van der Waals surface area contributed by atoms with Crippen LogP contribution in [0.1, 0.15) is 46.7 Å². The van der Waals surface area contributed by atoms with Crippen LogP contribution in [0, 0.1) is 0 Å². The van der Waals surface area contributed by atoms with Gasteiger partial charge in [-0.15, -0.1) is 0 Å². The number of ketones is 1. The van der Waals surface area contributed by atoms with E-state index in [1.165, 1.54) is 11.1 Å². The first-order chi connectivity index (χ1) is 10.2. The van der Waals surface area contributed by atoms with Gasteiger partial charge in [-0.2, -0.15) is 0 Å². The molecule has 0 N–H and O–H groups in total. The van der Waals surface area contributed by atoms with Crippen LogP contribution in [-0.4, -0.2) is 5.78 Å². The maximum Gasteiger partial charge on any atom is 0.165 e. The summed E-state index contributed by atoms with van der Waals surface area (Å²) in [5.74, 6) is 0.445. The van der Waals surface area contributed by atoms with Gasteiger partial charge in [0.05, 0.1) is 5.02 Å².